The summed E-state index contributed by atoms with van der Waals surface area (Å²) in [6.45, 7) is 1.37. The summed E-state index contributed by atoms with van der Waals surface area (Å²) in [7, 11) is 1.60. The van der Waals surface area contributed by atoms with Gasteiger partial charge in [-0.3, -0.25) is 14.5 Å². The summed E-state index contributed by atoms with van der Waals surface area (Å²) >= 11 is 6.05. The van der Waals surface area contributed by atoms with Gasteiger partial charge in [0.15, 0.2) is 5.37 Å². The Morgan fingerprint density at radius 3 is 2.67 bits per heavy atom. The molecular formula is C6H8N2O2S2. The Kier molecular flexibility index (Phi) is 2.69. The zero-order valence-corrected chi connectivity index (χ0v) is 8.29. The summed E-state index contributed by atoms with van der Waals surface area (Å²) in [6, 6.07) is 0. The molecule has 66 valence electrons. The second kappa shape index (κ2) is 3.40. The molecule has 6 heteroatoms. The van der Waals surface area contributed by atoms with E-state index in [-0.39, 0.29) is 11.8 Å². The molecule has 0 bridgehead atoms. The Bertz CT molecular complexity index is 252. The lowest BCUT2D eigenvalue weighted by atomic mass is 10.5. The third-order valence-corrected chi connectivity index (χ3v) is 2.97. The molecule has 1 aliphatic heterocycles. The molecule has 0 aromatic rings. The maximum Gasteiger partial charge on any atom is 0.261 e. The van der Waals surface area contributed by atoms with E-state index in [1.54, 1.807) is 7.05 Å². The number of carbonyl (C=O) groups is 2. The molecule has 2 amide bonds. The molecule has 1 unspecified atom stereocenters. The first kappa shape index (κ1) is 9.47. The SMILES string of the molecule is CC(=O)NC1SC(=S)N(C)C1=O. The molecule has 0 aromatic heterocycles. The lowest BCUT2D eigenvalue weighted by Crippen LogP contribution is -2.38. The number of hydrogen-bond acceptors (Lipinski definition) is 4. The van der Waals surface area contributed by atoms with E-state index in [1.807, 2.05) is 0 Å². The molecule has 0 spiro atoms. The summed E-state index contributed by atoms with van der Waals surface area (Å²) in [5.41, 5.74) is 0. The molecule has 0 aromatic carbocycles. The van der Waals surface area contributed by atoms with E-state index in [2.05, 4.69) is 5.32 Å². The fourth-order valence-corrected chi connectivity index (χ4v) is 2.08. The van der Waals surface area contributed by atoms with Gasteiger partial charge in [0.05, 0.1) is 0 Å². The van der Waals surface area contributed by atoms with Crippen molar-refractivity contribution in [1.82, 2.24) is 10.2 Å². The molecule has 0 radical (unpaired) electrons. The largest absolute Gasteiger partial charge is 0.336 e. The normalized spacial score (nSPS) is 23.2. The highest BCUT2D eigenvalue weighted by Crippen LogP contribution is 2.23. The Morgan fingerprint density at radius 2 is 2.33 bits per heavy atom. The third-order valence-electron chi connectivity index (χ3n) is 1.38. The average Bonchev–Trinajstić information content (AvgIpc) is 2.17. The van der Waals surface area contributed by atoms with E-state index in [4.69, 9.17) is 12.2 Å². The van der Waals surface area contributed by atoms with E-state index >= 15 is 0 Å². The van der Waals surface area contributed by atoms with Gasteiger partial charge in [-0.25, -0.2) is 0 Å². The summed E-state index contributed by atoms with van der Waals surface area (Å²) < 4.78 is 0.499. The zero-order valence-electron chi connectivity index (χ0n) is 6.66. The zero-order chi connectivity index (χ0) is 9.30. The van der Waals surface area contributed by atoms with Gasteiger partial charge < -0.3 is 5.32 Å². The number of nitrogens with one attached hydrogen (secondary N) is 1. The van der Waals surface area contributed by atoms with Crippen LogP contribution >= 0.6 is 24.0 Å². The first-order chi connectivity index (χ1) is 5.52. The molecule has 0 aliphatic carbocycles. The fraction of sp³-hybridized carbons (Fsp3) is 0.500. The van der Waals surface area contributed by atoms with Gasteiger partial charge in [0.2, 0.25) is 5.91 Å². The average molecular weight is 204 g/mol. The Labute approximate surface area is 79.7 Å². The van der Waals surface area contributed by atoms with Crippen molar-refractivity contribution in [2.75, 3.05) is 7.05 Å². The molecule has 1 atom stereocenters. The first-order valence-electron chi connectivity index (χ1n) is 3.27. The number of nitrogens with zero attached hydrogens (tertiary/aromatic N) is 1. The predicted molar refractivity (Wildman–Crippen MR) is 50.6 cm³/mol. The molecule has 0 saturated carbocycles. The minimum atomic E-state index is -0.528. The first-order valence-corrected chi connectivity index (χ1v) is 4.56. The highest BCUT2D eigenvalue weighted by Gasteiger charge is 2.34. The van der Waals surface area contributed by atoms with Gasteiger partial charge in [-0.1, -0.05) is 24.0 Å². The molecule has 1 aliphatic rings. The van der Waals surface area contributed by atoms with Crippen LogP contribution in [-0.4, -0.2) is 33.5 Å². The van der Waals surface area contributed by atoms with Crippen LogP contribution in [0.3, 0.4) is 0 Å². The maximum absolute atomic E-state index is 11.3. The molecule has 4 nitrogen and oxygen atoms in total. The molecule has 1 saturated heterocycles. The number of rotatable bonds is 1. The lowest BCUT2D eigenvalue weighted by Gasteiger charge is -2.07. The summed E-state index contributed by atoms with van der Waals surface area (Å²) in [4.78, 5) is 23.2. The monoisotopic (exact) mass is 204 g/mol. The van der Waals surface area contributed by atoms with Gasteiger partial charge in [-0.05, 0) is 0 Å². The standard InChI is InChI=1S/C6H8N2O2S2/c1-3(9)7-4-5(10)8(2)6(11)12-4/h4H,1-2H3,(H,7,9). The van der Waals surface area contributed by atoms with E-state index < -0.39 is 5.37 Å². The number of amides is 2. The smallest absolute Gasteiger partial charge is 0.261 e. The maximum atomic E-state index is 11.3. The van der Waals surface area contributed by atoms with Crippen molar-refractivity contribution in [3.8, 4) is 0 Å². The Morgan fingerprint density at radius 1 is 1.75 bits per heavy atom. The molecule has 1 rings (SSSR count). The second-order valence-corrected chi connectivity index (χ2v) is 4.10. The van der Waals surface area contributed by atoms with Crippen LogP contribution in [0.2, 0.25) is 0 Å². The quantitative estimate of drug-likeness (QED) is 0.608. The van der Waals surface area contributed by atoms with Crippen LogP contribution in [0.25, 0.3) is 0 Å². The summed E-state index contributed by atoms with van der Waals surface area (Å²) in [6.07, 6.45) is 0. The molecule has 1 N–H and O–H groups in total. The van der Waals surface area contributed by atoms with E-state index in [9.17, 15) is 9.59 Å². The van der Waals surface area contributed by atoms with Crippen molar-refractivity contribution >= 4 is 40.1 Å². The van der Waals surface area contributed by atoms with Crippen LogP contribution in [0.15, 0.2) is 0 Å². The minimum Gasteiger partial charge on any atom is -0.336 e. The van der Waals surface area contributed by atoms with Crippen LogP contribution in [0.1, 0.15) is 6.92 Å². The number of likely N-dealkylation sites (N-methyl/N-ethyl adjacent to an activating group) is 1. The van der Waals surface area contributed by atoms with Gasteiger partial charge in [-0.2, -0.15) is 0 Å². The Hall–Kier alpha value is -0.620. The van der Waals surface area contributed by atoms with Crippen molar-refractivity contribution in [3.63, 3.8) is 0 Å². The van der Waals surface area contributed by atoms with Crippen LogP contribution in [-0.2, 0) is 9.59 Å². The van der Waals surface area contributed by atoms with Crippen molar-refractivity contribution in [2.45, 2.75) is 12.3 Å². The van der Waals surface area contributed by atoms with Crippen molar-refractivity contribution in [2.24, 2.45) is 0 Å². The van der Waals surface area contributed by atoms with Crippen molar-refractivity contribution in [1.29, 1.82) is 0 Å². The van der Waals surface area contributed by atoms with Gasteiger partial charge in [-0.15, -0.1) is 0 Å². The van der Waals surface area contributed by atoms with E-state index in [0.29, 0.717) is 4.32 Å². The van der Waals surface area contributed by atoms with Crippen LogP contribution in [0.4, 0.5) is 0 Å². The Balaban J connectivity index is 2.65. The van der Waals surface area contributed by atoms with Gasteiger partial charge >= 0.3 is 0 Å². The predicted octanol–water partition coefficient (Wildman–Crippen LogP) is -0.0613. The van der Waals surface area contributed by atoms with E-state index in [1.165, 1.54) is 23.6 Å². The van der Waals surface area contributed by atoms with Crippen molar-refractivity contribution < 1.29 is 9.59 Å². The summed E-state index contributed by atoms with van der Waals surface area (Å²) in [5.74, 6) is -0.390. The number of thiocarbonyl (C=S) groups is 1. The van der Waals surface area contributed by atoms with Gasteiger partial charge in [0, 0.05) is 14.0 Å². The molecule has 1 fully saturated rings. The van der Waals surface area contributed by atoms with Crippen LogP contribution < -0.4 is 5.32 Å². The highest BCUT2D eigenvalue weighted by molar-refractivity contribution is 8.24. The lowest BCUT2D eigenvalue weighted by molar-refractivity contribution is -0.129. The van der Waals surface area contributed by atoms with Crippen molar-refractivity contribution in [3.05, 3.63) is 0 Å². The minimum absolute atomic E-state index is 0.166. The fourth-order valence-electron chi connectivity index (χ4n) is 0.772. The molecular weight excluding hydrogens is 196 g/mol. The number of thioether (sulfide) groups is 1. The number of hydrogen-bond donors (Lipinski definition) is 1. The summed E-state index contributed by atoms with van der Waals surface area (Å²) in [5, 5.41) is 1.97. The number of carbonyl (C=O) groups excluding carboxylic acids is 2. The van der Waals surface area contributed by atoms with Crippen LogP contribution in [0.5, 0.6) is 0 Å². The second-order valence-electron chi connectivity index (χ2n) is 2.36. The van der Waals surface area contributed by atoms with E-state index in [0.717, 1.165) is 0 Å². The van der Waals surface area contributed by atoms with Gasteiger partial charge in [0.25, 0.3) is 5.91 Å². The van der Waals surface area contributed by atoms with Gasteiger partial charge in [0.1, 0.15) is 4.32 Å². The van der Waals surface area contributed by atoms with Crippen LogP contribution in [0, 0.1) is 0 Å². The molecule has 1 heterocycles. The highest BCUT2D eigenvalue weighted by atomic mass is 32.2. The third kappa shape index (κ3) is 1.75. The molecule has 12 heavy (non-hydrogen) atoms. The topological polar surface area (TPSA) is 49.4 Å².